The third-order valence-electron chi connectivity index (χ3n) is 3.84. The van der Waals surface area contributed by atoms with Gasteiger partial charge in [-0.1, -0.05) is 32.0 Å². The van der Waals surface area contributed by atoms with E-state index in [1.807, 2.05) is 31.4 Å². The Labute approximate surface area is 166 Å². The number of primary sulfonamides is 1. The van der Waals surface area contributed by atoms with Gasteiger partial charge in [-0.2, -0.15) is 0 Å². The molecule has 27 heavy (non-hydrogen) atoms. The second-order valence-corrected chi connectivity index (χ2v) is 10.3. The lowest BCUT2D eigenvalue weighted by Gasteiger charge is -2.15. The number of benzene rings is 1. The zero-order valence-corrected chi connectivity index (χ0v) is 17.2. The third kappa shape index (κ3) is 4.16. The first-order valence-corrected chi connectivity index (χ1v) is 11.4. The van der Waals surface area contributed by atoms with Crippen molar-refractivity contribution < 1.29 is 18.0 Å². The molecule has 0 unspecified atom stereocenters. The van der Waals surface area contributed by atoms with Crippen LogP contribution < -0.4 is 5.14 Å². The number of nitrogens with two attached hydrogens (primary N) is 1. The third-order valence-corrected chi connectivity index (χ3v) is 6.74. The summed E-state index contributed by atoms with van der Waals surface area (Å²) in [5.74, 6) is -0.654. The van der Waals surface area contributed by atoms with Crippen molar-refractivity contribution >= 4 is 50.5 Å². The van der Waals surface area contributed by atoms with Crippen LogP contribution in [0.3, 0.4) is 0 Å². The van der Waals surface area contributed by atoms with Crippen molar-refractivity contribution in [2.45, 2.75) is 30.5 Å². The fraction of sp³-hybridized carbons (Fsp3) is 0.222. The molecule has 0 fully saturated rings. The van der Waals surface area contributed by atoms with Crippen LogP contribution in [0.4, 0.5) is 0 Å². The van der Waals surface area contributed by atoms with E-state index in [4.69, 9.17) is 5.14 Å². The summed E-state index contributed by atoms with van der Waals surface area (Å²) in [5.41, 5.74) is 1.08. The summed E-state index contributed by atoms with van der Waals surface area (Å²) in [7, 11) is -3.79. The van der Waals surface area contributed by atoms with Gasteiger partial charge in [0.25, 0.3) is 11.8 Å². The van der Waals surface area contributed by atoms with Crippen LogP contribution in [-0.2, 0) is 26.2 Å². The van der Waals surface area contributed by atoms with Crippen molar-refractivity contribution in [2.24, 2.45) is 5.14 Å². The summed E-state index contributed by atoms with van der Waals surface area (Å²) >= 11 is 2.80. The average Bonchev–Trinajstić information content (AvgIpc) is 3.18. The number of sulfonamides is 1. The molecular formula is C18H18N2O4S3. The molecule has 0 aliphatic carbocycles. The summed E-state index contributed by atoms with van der Waals surface area (Å²) in [6, 6.07) is 9.52. The number of hydrogen-bond acceptors (Lipinski definition) is 6. The normalized spacial score (nSPS) is 15.3. The molecule has 142 valence electrons. The van der Waals surface area contributed by atoms with Gasteiger partial charge in [-0.05, 0) is 29.1 Å². The molecule has 0 bridgehead atoms. The fourth-order valence-corrected chi connectivity index (χ4v) is 4.99. The highest BCUT2D eigenvalue weighted by molar-refractivity contribution is 8.04. The van der Waals surface area contributed by atoms with Gasteiger partial charge in [0.15, 0.2) is 0 Å². The minimum absolute atomic E-state index is 0.0150. The van der Waals surface area contributed by atoms with Crippen molar-refractivity contribution in [1.29, 1.82) is 0 Å². The second-order valence-electron chi connectivity index (χ2n) is 6.23. The number of imide groups is 1. The Kier molecular flexibility index (Phi) is 5.57. The molecule has 6 nitrogen and oxygen atoms in total. The van der Waals surface area contributed by atoms with Crippen molar-refractivity contribution in [3.05, 3.63) is 57.1 Å². The maximum absolute atomic E-state index is 13.0. The first-order valence-electron chi connectivity index (χ1n) is 8.11. The first-order chi connectivity index (χ1) is 12.7. The lowest BCUT2D eigenvalue weighted by Crippen LogP contribution is -2.31. The zero-order chi connectivity index (χ0) is 19.8. The van der Waals surface area contributed by atoms with Crippen molar-refractivity contribution in [2.75, 3.05) is 0 Å². The van der Waals surface area contributed by atoms with Crippen LogP contribution in [0.1, 0.15) is 24.3 Å². The monoisotopic (exact) mass is 422 g/mol. The molecule has 2 heterocycles. The second kappa shape index (κ2) is 7.59. The highest BCUT2D eigenvalue weighted by atomic mass is 32.2. The van der Waals surface area contributed by atoms with E-state index >= 15 is 0 Å². The summed E-state index contributed by atoms with van der Waals surface area (Å²) in [6.45, 7) is 4.01. The largest absolute Gasteiger partial charge is 0.269 e. The number of rotatable bonds is 6. The van der Waals surface area contributed by atoms with E-state index in [0.29, 0.717) is 16.0 Å². The van der Waals surface area contributed by atoms with Crippen LogP contribution in [0, 0.1) is 0 Å². The lowest BCUT2D eigenvalue weighted by atomic mass is 10.2. The minimum Gasteiger partial charge on any atom is -0.269 e. The maximum atomic E-state index is 13.0. The molecule has 0 saturated heterocycles. The molecule has 2 aromatic rings. The molecule has 2 N–H and O–H groups in total. The molecule has 3 rings (SSSR count). The van der Waals surface area contributed by atoms with Gasteiger partial charge in [0.1, 0.15) is 0 Å². The predicted molar refractivity (Wildman–Crippen MR) is 107 cm³/mol. The van der Waals surface area contributed by atoms with E-state index < -0.39 is 10.0 Å². The van der Waals surface area contributed by atoms with E-state index in [0.717, 1.165) is 4.88 Å². The van der Waals surface area contributed by atoms with Gasteiger partial charge in [0, 0.05) is 10.1 Å². The molecule has 0 spiro atoms. The van der Waals surface area contributed by atoms with Gasteiger partial charge >= 0.3 is 0 Å². The van der Waals surface area contributed by atoms with Crippen LogP contribution in [0.15, 0.2) is 51.6 Å². The van der Waals surface area contributed by atoms with Gasteiger partial charge < -0.3 is 0 Å². The molecule has 1 aliphatic heterocycles. The maximum Gasteiger partial charge on any atom is 0.268 e. The van der Waals surface area contributed by atoms with Gasteiger partial charge in [-0.3, -0.25) is 14.5 Å². The van der Waals surface area contributed by atoms with Crippen LogP contribution in [0.2, 0.25) is 0 Å². The molecular weight excluding hydrogens is 404 g/mol. The Morgan fingerprint density at radius 1 is 1.11 bits per heavy atom. The highest BCUT2D eigenvalue weighted by Gasteiger charge is 2.39. The minimum atomic E-state index is -3.79. The quantitative estimate of drug-likeness (QED) is 0.722. The number of carbonyl (C=O) groups excluding carboxylic acids is 2. The van der Waals surface area contributed by atoms with Crippen LogP contribution in [-0.4, -0.2) is 30.4 Å². The molecule has 1 aromatic heterocycles. The van der Waals surface area contributed by atoms with Crippen LogP contribution in [0.5, 0.6) is 0 Å². The first kappa shape index (κ1) is 19.8. The molecule has 9 heteroatoms. The summed E-state index contributed by atoms with van der Waals surface area (Å²) in [6.07, 6.45) is 0. The Morgan fingerprint density at radius 2 is 1.78 bits per heavy atom. The molecule has 0 saturated carbocycles. The van der Waals surface area contributed by atoms with E-state index in [1.54, 1.807) is 12.1 Å². The number of hydrogen-bond donors (Lipinski definition) is 1. The smallest absolute Gasteiger partial charge is 0.268 e. The number of nitrogens with zero attached hydrogens (tertiary/aromatic N) is 1. The fourth-order valence-electron chi connectivity index (χ4n) is 2.65. The standard InChI is InChI=1S/C18H18N2O4S3/c1-11(2)26-16-15(14-4-3-9-25-14)17(21)20(18(16)22)10-12-5-7-13(8-6-12)27(19,23)24/h3-9,11H,10H2,1-2H3,(H2,19,23,24). The molecule has 1 aliphatic rings. The average molecular weight is 423 g/mol. The highest BCUT2D eigenvalue weighted by Crippen LogP contribution is 2.39. The van der Waals surface area contributed by atoms with Crippen LogP contribution >= 0.6 is 23.1 Å². The van der Waals surface area contributed by atoms with Crippen LogP contribution in [0.25, 0.3) is 5.57 Å². The summed E-state index contributed by atoms with van der Waals surface area (Å²) in [4.78, 5) is 28.3. The molecule has 0 radical (unpaired) electrons. The number of carbonyl (C=O) groups is 2. The summed E-state index contributed by atoms with van der Waals surface area (Å²) in [5, 5.41) is 7.12. The molecule has 1 aromatic carbocycles. The van der Waals surface area contributed by atoms with E-state index in [9.17, 15) is 18.0 Å². The van der Waals surface area contributed by atoms with E-state index in [2.05, 4.69) is 0 Å². The van der Waals surface area contributed by atoms with E-state index in [-0.39, 0.29) is 28.5 Å². The van der Waals surface area contributed by atoms with Gasteiger partial charge in [-0.25, -0.2) is 13.6 Å². The van der Waals surface area contributed by atoms with Gasteiger partial charge in [0.2, 0.25) is 10.0 Å². The molecule has 0 atom stereocenters. The van der Waals surface area contributed by atoms with Gasteiger partial charge in [-0.15, -0.1) is 23.1 Å². The van der Waals surface area contributed by atoms with Crippen molar-refractivity contribution in [3.63, 3.8) is 0 Å². The van der Waals surface area contributed by atoms with Crippen molar-refractivity contribution in [1.82, 2.24) is 4.90 Å². The predicted octanol–water partition coefficient (Wildman–Crippen LogP) is 2.82. The number of thioether (sulfide) groups is 1. The zero-order valence-electron chi connectivity index (χ0n) is 14.7. The Morgan fingerprint density at radius 3 is 2.30 bits per heavy atom. The Hall–Kier alpha value is -1.94. The number of amides is 2. The van der Waals surface area contributed by atoms with E-state index in [1.165, 1.54) is 40.1 Å². The van der Waals surface area contributed by atoms with Crippen molar-refractivity contribution in [3.8, 4) is 0 Å². The number of thiophene rings is 1. The molecule has 2 amide bonds. The summed E-state index contributed by atoms with van der Waals surface area (Å²) < 4.78 is 22.7. The Balaban J connectivity index is 1.90. The lowest BCUT2D eigenvalue weighted by molar-refractivity contribution is -0.137. The van der Waals surface area contributed by atoms with Gasteiger partial charge in [0.05, 0.1) is 21.9 Å². The SMILES string of the molecule is CC(C)SC1=C(c2cccs2)C(=O)N(Cc2ccc(S(N)(=O)=O)cc2)C1=O. The topological polar surface area (TPSA) is 97.5 Å². The Bertz CT molecular complexity index is 1010.